The lowest BCUT2D eigenvalue weighted by molar-refractivity contribution is -0.123. The maximum Gasteiger partial charge on any atom is 0.273 e. The molecule has 12 heteroatoms. The predicted molar refractivity (Wildman–Crippen MR) is 139 cm³/mol. The molecule has 36 heavy (non-hydrogen) atoms. The van der Waals surface area contributed by atoms with Crippen LogP contribution in [0.1, 0.15) is 28.3 Å². The smallest absolute Gasteiger partial charge is 0.273 e. The number of nitrogens with two attached hydrogens (primary N) is 1. The third-order valence-corrected chi connectivity index (χ3v) is 8.13. The average Bonchev–Trinajstić information content (AvgIpc) is 3.55. The molecule has 3 aromatic heterocycles. The fraction of sp³-hybridized carbons (Fsp3) is 0.250. The van der Waals surface area contributed by atoms with Crippen LogP contribution in [0.4, 0.5) is 0 Å². The number of primary amides is 1. The number of thioether (sulfide) groups is 1. The molecule has 2 amide bonds. The number of aromatic nitrogens is 5. The van der Waals surface area contributed by atoms with Gasteiger partial charge in [-0.2, -0.15) is 0 Å². The fourth-order valence-corrected chi connectivity index (χ4v) is 5.95. The van der Waals surface area contributed by atoms with Crippen LogP contribution in [0.3, 0.4) is 0 Å². The summed E-state index contributed by atoms with van der Waals surface area (Å²) in [7, 11) is 0. The van der Waals surface area contributed by atoms with Gasteiger partial charge < -0.3 is 10.6 Å². The van der Waals surface area contributed by atoms with Crippen molar-refractivity contribution < 1.29 is 9.59 Å². The Morgan fingerprint density at radius 1 is 1.14 bits per heavy atom. The van der Waals surface area contributed by atoms with Gasteiger partial charge in [0.15, 0.2) is 11.0 Å². The molecule has 4 aromatic rings. The molecule has 1 aromatic carbocycles. The summed E-state index contributed by atoms with van der Waals surface area (Å²) in [6, 6.07) is 11.3. The first kappa shape index (κ1) is 24.4. The summed E-state index contributed by atoms with van der Waals surface area (Å²) in [5, 5.41) is 12.7. The SMILES string of the molecule is NC(=O)C1CCN(C(=O)c2csc(CSc3nnc(-c4ccncc4)n3-c3cccc(Cl)c3)n2)CC1. The third-order valence-electron chi connectivity index (χ3n) is 5.92. The Morgan fingerprint density at radius 2 is 1.92 bits per heavy atom. The van der Waals surface area contributed by atoms with Gasteiger partial charge in [-0.25, -0.2) is 4.98 Å². The maximum absolute atomic E-state index is 12.9. The van der Waals surface area contributed by atoms with Crippen LogP contribution in [0, 0.1) is 5.92 Å². The fourth-order valence-electron chi connectivity index (χ4n) is 4.03. The number of hydrogen-bond acceptors (Lipinski definition) is 8. The van der Waals surface area contributed by atoms with E-state index in [-0.39, 0.29) is 17.7 Å². The molecule has 5 rings (SSSR count). The van der Waals surface area contributed by atoms with Crippen molar-refractivity contribution in [2.24, 2.45) is 11.7 Å². The lowest BCUT2D eigenvalue weighted by atomic mass is 9.96. The van der Waals surface area contributed by atoms with Gasteiger partial charge in [-0.3, -0.25) is 19.1 Å². The first-order valence-corrected chi connectivity index (χ1v) is 13.5. The molecule has 4 heterocycles. The second-order valence-electron chi connectivity index (χ2n) is 8.24. The average molecular weight is 540 g/mol. The van der Waals surface area contributed by atoms with E-state index < -0.39 is 0 Å². The molecule has 1 fully saturated rings. The number of hydrogen-bond donors (Lipinski definition) is 1. The predicted octanol–water partition coefficient (Wildman–Crippen LogP) is 4.07. The summed E-state index contributed by atoms with van der Waals surface area (Å²) < 4.78 is 1.95. The van der Waals surface area contributed by atoms with Gasteiger partial charge >= 0.3 is 0 Å². The molecular weight excluding hydrogens is 518 g/mol. The minimum absolute atomic E-state index is 0.118. The van der Waals surface area contributed by atoms with Gasteiger partial charge in [0.2, 0.25) is 5.91 Å². The number of rotatable bonds is 7. The Kier molecular flexibility index (Phi) is 7.30. The molecule has 1 saturated heterocycles. The number of benzene rings is 1. The van der Waals surface area contributed by atoms with Crippen LogP contribution >= 0.6 is 34.7 Å². The van der Waals surface area contributed by atoms with Crippen LogP contribution in [0.5, 0.6) is 0 Å². The Bertz CT molecular complexity index is 1380. The first-order chi connectivity index (χ1) is 17.5. The lowest BCUT2D eigenvalue weighted by Crippen LogP contribution is -2.41. The van der Waals surface area contributed by atoms with Crippen LogP contribution in [0.2, 0.25) is 5.02 Å². The largest absolute Gasteiger partial charge is 0.369 e. The van der Waals surface area contributed by atoms with Gasteiger partial charge in [0, 0.05) is 47.4 Å². The first-order valence-electron chi connectivity index (χ1n) is 11.3. The molecular formula is C24H22ClN7O2S2. The molecule has 184 valence electrons. The normalized spacial score (nSPS) is 14.2. The van der Waals surface area contributed by atoms with Crippen LogP contribution in [-0.4, -0.2) is 54.5 Å². The number of thiazole rings is 1. The summed E-state index contributed by atoms with van der Waals surface area (Å²) in [5.41, 5.74) is 7.54. The number of piperidine rings is 1. The topological polar surface area (TPSA) is 120 Å². The third kappa shape index (κ3) is 5.28. The number of halogens is 1. The van der Waals surface area contributed by atoms with Crippen molar-refractivity contribution in [3.63, 3.8) is 0 Å². The van der Waals surface area contributed by atoms with Crippen molar-refractivity contribution in [2.45, 2.75) is 23.8 Å². The van der Waals surface area contributed by atoms with E-state index in [2.05, 4.69) is 20.2 Å². The van der Waals surface area contributed by atoms with Gasteiger partial charge in [0.1, 0.15) is 10.7 Å². The van der Waals surface area contributed by atoms with Gasteiger partial charge in [-0.05, 0) is 43.2 Å². The van der Waals surface area contributed by atoms with E-state index in [1.54, 1.807) is 22.7 Å². The highest BCUT2D eigenvalue weighted by Crippen LogP contribution is 2.31. The number of carbonyl (C=O) groups excluding carboxylic acids is 2. The van der Waals surface area contributed by atoms with Crippen molar-refractivity contribution in [2.75, 3.05) is 13.1 Å². The van der Waals surface area contributed by atoms with Crippen LogP contribution < -0.4 is 5.73 Å². The van der Waals surface area contributed by atoms with Crippen molar-refractivity contribution in [1.82, 2.24) is 29.6 Å². The standard InChI is InChI=1S/C24H22ClN7O2S2/c25-17-2-1-3-18(12-17)32-22(16-4-8-27-9-5-16)29-30-24(32)36-14-20-28-19(13-35-20)23(34)31-10-6-15(7-11-31)21(26)33/h1-5,8-9,12-13,15H,6-7,10-11,14H2,(H2,26,33). The molecule has 2 N–H and O–H groups in total. The number of nitrogens with zero attached hydrogens (tertiary/aromatic N) is 6. The Morgan fingerprint density at radius 3 is 2.64 bits per heavy atom. The zero-order valence-electron chi connectivity index (χ0n) is 19.1. The number of likely N-dealkylation sites (tertiary alicyclic amines) is 1. The summed E-state index contributed by atoms with van der Waals surface area (Å²) in [6.07, 6.45) is 4.60. The van der Waals surface area contributed by atoms with Gasteiger partial charge in [0.05, 0.1) is 11.4 Å². The molecule has 0 spiro atoms. The van der Waals surface area contributed by atoms with Gasteiger partial charge in [-0.1, -0.05) is 29.4 Å². The van der Waals surface area contributed by atoms with Gasteiger partial charge in [-0.15, -0.1) is 21.5 Å². The highest BCUT2D eigenvalue weighted by molar-refractivity contribution is 7.98. The molecule has 0 atom stereocenters. The quantitative estimate of drug-likeness (QED) is 0.351. The number of amides is 2. The van der Waals surface area contributed by atoms with E-state index in [0.717, 1.165) is 16.3 Å². The molecule has 1 aliphatic rings. The molecule has 0 saturated carbocycles. The highest BCUT2D eigenvalue weighted by Gasteiger charge is 2.27. The summed E-state index contributed by atoms with van der Waals surface area (Å²) in [6.45, 7) is 1.02. The molecule has 0 radical (unpaired) electrons. The van der Waals surface area contributed by atoms with E-state index in [4.69, 9.17) is 17.3 Å². The monoisotopic (exact) mass is 539 g/mol. The summed E-state index contributed by atoms with van der Waals surface area (Å²) in [4.78, 5) is 34.7. The second-order valence-corrected chi connectivity index (χ2v) is 10.6. The van der Waals surface area contributed by atoms with Crippen molar-refractivity contribution in [3.05, 3.63) is 69.9 Å². The second kappa shape index (κ2) is 10.8. The van der Waals surface area contributed by atoms with Crippen molar-refractivity contribution in [3.8, 4) is 17.1 Å². The highest BCUT2D eigenvalue weighted by atomic mass is 35.5. The molecule has 0 unspecified atom stereocenters. The van der Waals surface area contributed by atoms with E-state index in [9.17, 15) is 9.59 Å². The zero-order chi connectivity index (χ0) is 25.1. The van der Waals surface area contributed by atoms with E-state index >= 15 is 0 Å². The number of pyridine rings is 1. The Labute approximate surface area is 220 Å². The molecule has 0 aliphatic carbocycles. The Hall–Kier alpha value is -3.28. The minimum Gasteiger partial charge on any atom is -0.369 e. The van der Waals surface area contributed by atoms with Crippen LogP contribution in [0.25, 0.3) is 17.1 Å². The maximum atomic E-state index is 12.9. The van der Waals surface area contributed by atoms with Crippen LogP contribution in [-0.2, 0) is 10.5 Å². The van der Waals surface area contributed by atoms with E-state index in [0.29, 0.717) is 53.4 Å². The summed E-state index contributed by atoms with van der Waals surface area (Å²) >= 11 is 9.18. The van der Waals surface area contributed by atoms with E-state index in [1.165, 1.54) is 23.1 Å². The zero-order valence-corrected chi connectivity index (χ0v) is 21.5. The summed E-state index contributed by atoms with van der Waals surface area (Å²) in [5.74, 6) is 0.624. The van der Waals surface area contributed by atoms with Crippen molar-refractivity contribution in [1.29, 1.82) is 0 Å². The Balaban J connectivity index is 1.32. The minimum atomic E-state index is -0.298. The van der Waals surface area contributed by atoms with Crippen molar-refractivity contribution >= 4 is 46.5 Å². The van der Waals surface area contributed by atoms with Gasteiger partial charge in [0.25, 0.3) is 5.91 Å². The molecule has 9 nitrogen and oxygen atoms in total. The molecule has 0 bridgehead atoms. The number of carbonyl (C=O) groups is 2. The molecule has 1 aliphatic heterocycles. The lowest BCUT2D eigenvalue weighted by Gasteiger charge is -2.30. The van der Waals surface area contributed by atoms with E-state index in [1.807, 2.05) is 41.0 Å². The van der Waals surface area contributed by atoms with Crippen LogP contribution in [0.15, 0.2) is 59.3 Å².